The Bertz CT molecular complexity index is 419. The van der Waals surface area contributed by atoms with Crippen LogP contribution in [0, 0.1) is 11.2 Å². The highest BCUT2D eigenvalue weighted by Crippen LogP contribution is 2.35. The molecule has 2 rings (SSSR count). The van der Waals surface area contributed by atoms with Crippen LogP contribution in [0.4, 0.5) is 4.39 Å². The maximum absolute atomic E-state index is 13.3. The summed E-state index contributed by atoms with van der Waals surface area (Å²) >= 11 is 5.92. The third kappa shape index (κ3) is 3.68. The minimum atomic E-state index is -0.379. The van der Waals surface area contributed by atoms with Gasteiger partial charge in [-0.3, -0.25) is 0 Å². The van der Waals surface area contributed by atoms with Crippen molar-refractivity contribution in [2.75, 3.05) is 13.2 Å². The Balaban J connectivity index is 1.90. The molecule has 19 heavy (non-hydrogen) atoms. The van der Waals surface area contributed by atoms with Crippen molar-refractivity contribution in [1.29, 1.82) is 0 Å². The Kier molecular flexibility index (Phi) is 5.20. The average molecular weight is 286 g/mol. The van der Waals surface area contributed by atoms with E-state index in [0.29, 0.717) is 6.54 Å². The molecule has 1 aliphatic carbocycles. The number of halogens is 2. The van der Waals surface area contributed by atoms with Gasteiger partial charge in [0.25, 0.3) is 0 Å². The third-order valence-electron chi connectivity index (χ3n) is 4.10. The highest BCUT2D eigenvalue weighted by Gasteiger charge is 2.30. The van der Waals surface area contributed by atoms with Crippen LogP contribution in [0.2, 0.25) is 5.02 Å². The number of benzene rings is 1. The monoisotopic (exact) mass is 285 g/mol. The molecule has 1 aromatic carbocycles. The number of aliphatic hydroxyl groups is 1. The van der Waals surface area contributed by atoms with E-state index in [0.717, 1.165) is 24.9 Å². The molecule has 0 aliphatic heterocycles. The first kappa shape index (κ1) is 14.8. The van der Waals surface area contributed by atoms with Crippen LogP contribution in [-0.2, 0) is 6.54 Å². The summed E-state index contributed by atoms with van der Waals surface area (Å²) in [6, 6.07) is 4.85. The molecular formula is C15H21ClFNO. The van der Waals surface area contributed by atoms with Crippen molar-refractivity contribution in [1.82, 2.24) is 5.32 Å². The van der Waals surface area contributed by atoms with Crippen LogP contribution in [0.15, 0.2) is 18.2 Å². The molecule has 1 aliphatic rings. The van der Waals surface area contributed by atoms with Gasteiger partial charge < -0.3 is 10.4 Å². The molecule has 0 aromatic heterocycles. The van der Waals surface area contributed by atoms with Crippen LogP contribution in [-0.4, -0.2) is 18.3 Å². The normalized spacial score (nSPS) is 18.5. The quantitative estimate of drug-likeness (QED) is 0.868. The van der Waals surface area contributed by atoms with Gasteiger partial charge in [0.05, 0.1) is 5.02 Å². The predicted octanol–water partition coefficient (Wildman–Crippen LogP) is 3.51. The molecule has 0 atom stereocenters. The van der Waals surface area contributed by atoms with E-state index in [1.54, 1.807) is 6.07 Å². The lowest BCUT2D eigenvalue weighted by molar-refractivity contribution is 0.0810. The molecule has 0 unspecified atom stereocenters. The second-order valence-corrected chi connectivity index (χ2v) is 5.91. The van der Waals surface area contributed by atoms with E-state index in [4.69, 9.17) is 11.6 Å². The fourth-order valence-corrected chi connectivity index (χ4v) is 3.03. The first-order chi connectivity index (χ1) is 9.17. The van der Waals surface area contributed by atoms with Gasteiger partial charge in [-0.15, -0.1) is 0 Å². The van der Waals surface area contributed by atoms with Crippen LogP contribution < -0.4 is 5.32 Å². The van der Waals surface area contributed by atoms with Crippen LogP contribution in [0.5, 0.6) is 0 Å². The summed E-state index contributed by atoms with van der Waals surface area (Å²) in [4.78, 5) is 0. The molecule has 1 saturated carbocycles. The second-order valence-electron chi connectivity index (χ2n) is 5.54. The molecule has 106 valence electrons. The Morgan fingerprint density at radius 3 is 2.68 bits per heavy atom. The van der Waals surface area contributed by atoms with Gasteiger partial charge in [-0.2, -0.15) is 0 Å². The molecule has 2 nitrogen and oxygen atoms in total. The Hall–Kier alpha value is -0.640. The first-order valence-electron chi connectivity index (χ1n) is 6.91. The molecule has 0 saturated heterocycles. The lowest BCUT2D eigenvalue weighted by Gasteiger charge is -2.35. The van der Waals surface area contributed by atoms with E-state index < -0.39 is 0 Å². The second kappa shape index (κ2) is 6.69. The van der Waals surface area contributed by atoms with E-state index >= 15 is 0 Å². The molecule has 0 spiro atoms. The van der Waals surface area contributed by atoms with Crippen LogP contribution >= 0.6 is 11.6 Å². The summed E-state index contributed by atoms with van der Waals surface area (Å²) in [5, 5.41) is 13.1. The third-order valence-corrected chi connectivity index (χ3v) is 4.52. The van der Waals surface area contributed by atoms with Crippen molar-refractivity contribution in [3.8, 4) is 0 Å². The fraction of sp³-hybridized carbons (Fsp3) is 0.600. The highest BCUT2D eigenvalue weighted by atomic mass is 35.5. The summed E-state index contributed by atoms with van der Waals surface area (Å²) in [5.41, 5.74) is 0.767. The van der Waals surface area contributed by atoms with E-state index in [-0.39, 0.29) is 22.9 Å². The van der Waals surface area contributed by atoms with Gasteiger partial charge in [0.2, 0.25) is 0 Å². The van der Waals surface area contributed by atoms with Crippen molar-refractivity contribution in [2.24, 2.45) is 5.41 Å². The summed E-state index contributed by atoms with van der Waals surface area (Å²) in [7, 11) is 0. The SMILES string of the molecule is OCC1(CNCc2cccc(F)c2Cl)CCCCC1. The van der Waals surface area contributed by atoms with Gasteiger partial charge in [-0.25, -0.2) is 4.39 Å². The zero-order valence-corrected chi connectivity index (χ0v) is 11.8. The highest BCUT2D eigenvalue weighted by molar-refractivity contribution is 6.31. The zero-order valence-electron chi connectivity index (χ0n) is 11.1. The number of hydrogen-bond donors (Lipinski definition) is 2. The molecule has 1 fully saturated rings. The van der Waals surface area contributed by atoms with Crippen molar-refractivity contribution in [2.45, 2.75) is 38.6 Å². The number of hydrogen-bond acceptors (Lipinski definition) is 2. The number of aliphatic hydroxyl groups excluding tert-OH is 1. The molecule has 2 N–H and O–H groups in total. The van der Waals surface area contributed by atoms with E-state index in [1.807, 2.05) is 6.07 Å². The van der Waals surface area contributed by atoms with Gasteiger partial charge in [0.15, 0.2) is 0 Å². The van der Waals surface area contributed by atoms with Crippen molar-refractivity contribution in [3.05, 3.63) is 34.6 Å². The fourth-order valence-electron chi connectivity index (χ4n) is 2.84. The lowest BCUT2D eigenvalue weighted by Crippen LogP contribution is -2.38. The van der Waals surface area contributed by atoms with Gasteiger partial charge in [0.1, 0.15) is 5.82 Å². The number of nitrogens with one attached hydrogen (secondary N) is 1. The molecule has 4 heteroatoms. The molecule has 0 bridgehead atoms. The smallest absolute Gasteiger partial charge is 0.142 e. The number of rotatable bonds is 5. The minimum absolute atomic E-state index is 0.00193. The van der Waals surface area contributed by atoms with Crippen molar-refractivity contribution < 1.29 is 9.50 Å². The minimum Gasteiger partial charge on any atom is -0.396 e. The molecule has 1 aromatic rings. The maximum atomic E-state index is 13.3. The predicted molar refractivity (Wildman–Crippen MR) is 75.7 cm³/mol. The molecule has 0 radical (unpaired) electrons. The lowest BCUT2D eigenvalue weighted by atomic mass is 9.74. The summed E-state index contributed by atoms with van der Waals surface area (Å²) in [6.45, 7) is 1.52. The maximum Gasteiger partial charge on any atom is 0.142 e. The van der Waals surface area contributed by atoms with Gasteiger partial charge >= 0.3 is 0 Å². The Morgan fingerprint density at radius 1 is 1.26 bits per heavy atom. The van der Waals surface area contributed by atoms with Crippen molar-refractivity contribution >= 4 is 11.6 Å². The molecule has 0 heterocycles. The van der Waals surface area contributed by atoms with Crippen LogP contribution in [0.1, 0.15) is 37.7 Å². The van der Waals surface area contributed by atoms with E-state index in [2.05, 4.69) is 5.32 Å². The Morgan fingerprint density at radius 2 is 2.00 bits per heavy atom. The molecule has 0 amide bonds. The summed E-state index contributed by atoms with van der Waals surface area (Å²) < 4.78 is 13.3. The van der Waals surface area contributed by atoms with Crippen LogP contribution in [0.3, 0.4) is 0 Å². The van der Waals surface area contributed by atoms with Gasteiger partial charge in [0, 0.05) is 25.1 Å². The molecular weight excluding hydrogens is 265 g/mol. The first-order valence-corrected chi connectivity index (χ1v) is 7.29. The van der Waals surface area contributed by atoms with Crippen LogP contribution in [0.25, 0.3) is 0 Å². The average Bonchev–Trinajstić information content (AvgIpc) is 2.44. The Labute approximate surface area is 119 Å². The van der Waals surface area contributed by atoms with E-state index in [1.165, 1.54) is 25.3 Å². The summed E-state index contributed by atoms with van der Waals surface area (Å²) in [5.74, 6) is -0.379. The summed E-state index contributed by atoms with van der Waals surface area (Å²) in [6.07, 6.45) is 5.75. The van der Waals surface area contributed by atoms with Gasteiger partial charge in [-0.05, 0) is 24.5 Å². The topological polar surface area (TPSA) is 32.3 Å². The van der Waals surface area contributed by atoms with E-state index in [9.17, 15) is 9.50 Å². The van der Waals surface area contributed by atoms with Crippen molar-refractivity contribution in [3.63, 3.8) is 0 Å². The largest absolute Gasteiger partial charge is 0.396 e. The zero-order chi connectivity index (χ0) is 13.7. The van der Waals surface area contributed by atoms with Gasteiger partial charge in [-0.1, -0.05) is 43.0 Å². The standard InChI is InChI=1S/C15H21ClFNO/c16-14-12(5-4-6-13(14)17)9-18-10-15(11-19)7-2-1-3-8-15/h4-6,18-19H,1-3,7-11H2.